The van der Waals surface area contributed by atoms with Crippen LogP contribution in [0.15, 0.2) is 65.3 Å². The predicted molar refractivity (Wildman–Crippen MR) is 119 cm³/mol. The van der Waals surface area contributed by atoms with Gasteiger partial charge < -0.3 is 19.2 Å². The van der Waals surface area contributed by atoms with Gasteiger partial charge in [0.15, 0.2) is 0 Å². The fraction of sp³-hybridized carbons (Fsp3) is 0.308. The number of hydrogen-bond acceptors (Lipinski definition) is 4. The highest BCUT2D eigenvalue weighted by Gasteiger charge is 2.31. The summed E-state index contributed by atoms with van der Waals surface area (Å²) in [5.41, 5.74) is 5.05. The zero-order valence-corrected chi connectivity index (χ0v) is 17.7. The standard InChI is InChI=1S/C26H25NO5/c28-25(29)22-11-14-31-24(22)15-17-9-12-27(13-10-17)26(30)32-16-23-20-7-3-1-5-18(20)19-6-2-4-8-21(19)23/h1-8,11,14,17,23H,9-10,12-13,15-16H2,(H,28,29). The lowest BCUT2D eigenvalue weighted by atomic mass is 9.92. The molecule has 1 amide bonds. The third-order valence-corrected chi connectivity index (χ3v) is 6.66. The van der Waals surface area contributed by atoms with Crippen molar-refractivity contribution < 1.29 is 23.8 Å². The first-order valence-corrected chi connectivity index (χ1v) is 11.0. The van der Waals surface area contributed by atoms with E-state index < -0.39 is 5.97 Å². The highest BCUT2D eigenvalue weighted by Crippen LogP contribution is 2.44. The summed E-state index contributed by atoms with van der Waals surface area (Å²) < 4.78 is 11.1. The fourth-order valence-electron chi connectivity index (χ4n) is 4.96. The number of hydrogen-bond donors (Lipinski definition) is 1. The Labute approximate surface area is 186 Å². The molecule has 6 heteroatoms. The minimum absolute atomic E-state index is 0.0530. The summed E-state index contributed by atoms with van der Waals surface area (Å²) >= 11 is 0. The minimum atomic E-state index is -0.968. The van der Waals surface area contributed by atoms with Crippen molar-refractivity contribution in [3.05, 3.63) is 83.3 Å². The molecule has 2 aromatic carbocycles. The second-order valence-electron chi connectivity index (χ2n) is 8.50. The average Bonchev–Trinajstić information content (AvgIpc) is 3.41. The van der Waals surface area contributed by atoms with E-state index in [0.717, 1.165) is 12.8 Å². The Hall–Kier alpha value is -3.54. The van der Waals surface area contributed by atoms with Crippen molar-refractivity contribution in [2.24, 2.45) is 5.92 Å². The number of furan rings is 1. The van der Waals surface area contributed by atoms with Crippen LogP contribution in [-0.2, 0) is 11.2 Å². The number of carbonyl (C=O) groups is 2. The molecule has 32 heavy (non-hydrogen) atoms. The Morgan fingerprint density at radius 1 is 0.969 bits per heavy atom. The van der Waals surface area contributed by atoms with Crippen molar-refractivity contribution in [2.75, 3.05) is 19.7 Å². The Morgan fingerprint density at radius 3 is 2.22 bits per heavy atom. The molecule has 6 nitrogen and oxygen atoms in total. The van der Waals surface area contributed by atoms with Gasteiger partial charge in [0.1, 0.15) is 17.9 Å². The Bertz CT molecular complexity index is 1100. The molecule has 1 saturated heterocycles. The maximum absolute atomic E-state index is 12.8. The zero-order valence-electron chi connectivity index (χ0n) is 17.7. The van der Waals surface area contributed by atoms with Crippen LogP contribution in [-0.4, -0.2) is 41.8 Å². The van der Waals surface area contributed by atoms with Crippen LogP contribution in [0.2, 0.25) is 0 Å². The maximum atomic E-state index is 12.8. The third kappa shape index (κ3) is 3.77. The maximum Gasteiger partial charge on any atom is 0.409 e. The SMILES string of the molecule is O=C(O)c1ccoc1CC1CCN(C(=O)OCC2c3ccccc3-c3ccccc32)CC1. The molecular formula is C26H25NO5. The number of ether oxygens (including phenoxy) is 1. The summed E-state index contributed by atoms with van der Waals surface area (Å²) in [5, 5.41) is 9.24. The number of rotatable bonds is 5. The molecule has 1 N–H and O–H groups in total. The van der Waals surface area contributed by atoms with Crippen LogP contribution in [0, 0.1) is 5.92 Å². The zero-order chi connectivity index (χ0) is 22.1. The smallest absolute Gasteiger partial charge is 0.409 e. The monoisotopic (exact) mass is 431 g/mol. The van der Waals surface area contributed by atoms with Crippen molar-refractivity contribution in [3.63, 3.8) is 0 Å². The lowest BCUT2D eigenvalue weighted by Crippen LogP contribution is -2.39. The minimum Gasteiger partial charge on any atom is -0.478 e. The molecule has 2 heterocycles. The van der Waals surface area contributed by atoms with E-state index in [1.807, 2.05) is 24.3 Å². The van der Waals surface area contributed by atoms with E-state index in [2.05, 4.69) is 24.3 Å². The molecule has 2 aliphatic rings. The molecule has 0 bridgehead atoms. The summed E-state index contributed by atoms with van der Waals surface area (Å²) in [5.74, 6) is -0.115. The van der Waals surface area contributed by atoms with Gasteiger partial charge in [-0.15, -0.1) is 0 Å². The van der Waals surface area contributed by atoms with Gasteiger partial charge >= 0.3 is 12.1 Å². The van der Waals surface area contributed by atoms with Gasteiger partial charge in [-0.25, -0.2) is 9.59 Å². The number of carboxylic acid groups (broad SMARTS) is 1. The average molecular weight is 431 g/mol. The van der Waals surface area contributed by atoms with Crippen LogP contribution < -0.4 is 0 Å². The van der Waals surface area contributed by atoms with E-state index in [1.54, 1.807) is 4.90 Å². The number of aromatic carboxylic acids is 1. The fourth-order valence-corrected chi connectivity index (χ4v) is 4.96. The number of nitrogens with zero attached hydrogens (tertiary/aromatic N) is 1. The predicted octanol–water partition coefficient (Wildman–Crippen LogP) is 5.18. The number of benzene rings is 2. The van der Waals surface area contributed by atoms with Crippen molar-refractivity contribution in [2.45, 2.75) is 25.2 Å². The van der Waals surface area contributed by atoms with Gasteiger partial charge in [0.2, 0.25) is 0 Å². The van der Waals surface area contributed by atoms with E-state index in [1.165, 1.54) is 34.6 Å². The van der Waals surface area contributed by atoms with Gasteiger partial charge in [0, 0.05) is 25.4 Å². The van der Waals surface area contributed by atoms with Crippen LogP contribution >= 0.6 is 0 Å². The van der Waals surface area contributed by atoms with Crippen LogP contribution in [0.5, 0.6) is 0 Å². The Kier molecular flexibility index (Phi) is 5.43. The summed E-state index contributed by atoms with van der Waals surface area (Å²) in [6, 6.07) is 18.1. The van der Waals surface area contributed by atoms with Gasteiger partial charge in [-0.1, -0.05) is 48.5 Å². The molecular weight excluding hydrogens is 406 g/mol. The van der Waals surface area contributed by atoms with Crippen LogP contribution in [0.3, 0.4) is 0 Å². The summed E-state index contributed by atoms with van der Waals surface area (Å²) in [4.78, 5) is 25.8. The number of carbonyl (C=O) groups excluding carboxylic acids is 1. The van der Waals surface area contributed by atoms with E-state index in [0.29, 0.717) is 31.9 Å². The summed E-state index contributed by atoms with van der Waals surface area (Å²) in [6.07, 6.45) is 3.31. The number of fused-ring (bicyclic) bond motifs is 3. The molecule has 0 radical (unpaired) electrons. The highest BCUT2D eigenvalue weighted by molar-refractivity contribution is 5.88. The number of carboxylic acids is 1. The first-order chi connectivity index (χ1) is 15.6. The molecule has 164 valence electrons. The quantitative estimate of drug-likeness (QED) is 0.602. The molecule has 1 aliphatic carbocycles. The van der Waals surface area contributed by atoms with Crippen molar-refractivity contribution >= 4 is 12.1 Å². The van der Waals surface area contributed by atoms with Gasteiger partial charge in [0.25, 0.3) is 0 Å². The van der Waals surface area contributed by atoms with E-state index in [9.17, 15) is 14.7 Å². The molecule has 0 spiro atoms. The van der Waals surface area contributed by atoms with Crippen LogP contribution in [0.25, 0.3) is 11.1 Å². The van der Waals surface area contributed by atoms with Crippen LogP contribution in [0.4, 0.5) is 4.79 Å². The molecule has 1 fully saturated rings. The summed E-state index contributed by atoms with van der Waals surface area (Å²) in [7, 11) is 0. The van der Waals surface area contributed by atoms with Crippen molar-refractivity contribution in [1.29, 1.82) is 0 Å². The topological polar surface area (TPSA) is 80.0 Å². The van der Waals surface area contributed by atoms with E-state index in [-0.39, 0.29) is 23.5 Å². The number of piperidine rings is 1. The van der Waals surface area contributed by atoms with E-state index >= 15 is 0 Å². The Morgan fingerprint density at radius 2 is 1.59 bits per heavy atom. The molecule has 0 saturated carbocycles. The molecule has 0 unspecified atom stereocenters. The summed E-state index contributed by atoms with van der Waals surface area (Å²) in [6.45, 7) is 1.52. The first-order valence-electron chi connectivity index (χ1n) is 11.0. The Balaban J connectivity index is 1.18. The largest absolute Gasteiger partial charge is 0.478 e. The number of likely N-dealkylation sites (tertiary alicyclic amines) is 1. The van der Waals surface area contributed by atoms with Gasteiger partial charge in [-0.05, 0) is 47.1 Å². The lowest BCUT2D eigenvalue weighted by Gasteiger charge is -2.31. The molecule has 1 aromatic heterocycles. The van der Waals surface area contributed by atoms with Crippen molar-refractivity contribution in [1.82, 2.24) is 4.90 Å². The third-order valence-electron chi connectivity index (χ3n) is 6.66. The van der Waals surface area contributed by atoms with Gasteiger partial charge in [-0.3, -0.25) is 0 Å². The number of amides is 1. The molecule has 3 aromatic rings. The van der Waals surface area contributed by atoms with Gasteiger partial charge in [-0.2, -0.15) is 0 Å². The second kappa shape index (κ2) is 8.54. The first kappa shape index (κ1) is 20.4. The highest BCUT2D eigenvalue weighted by atomic mass is 16.6. The second-order valence-corrected chi connectivity index (χ2v) is 8.50. The lowest BCUT2D eigenvalue weighted by molar-refractivity contribution is 0.0693. The molecule has 5 rings (SSSR count). The van der Waals surface area contributed by atoms with Gasteiger partial charge in [0.05, 0.1) is 6.26 Å². The van der Waals surface area contributed by atoms with Crippen molar-refractivity contribution in [3.8, 4) is 11.1 Å². The molecule has 1 aliphatic heterocycles. The van der Waals surface area contributed by atoms with E-state index in [4.69, 9.17) is 9.15 Å². The molecule has 0 atom stereocenters. The van der Waals surface area contributed by atoms with Crippen LogP contribution in [0.1, 0.15) is 46.0 Å². The normalized spacial score (nSPS) is 15.9.